The Bertz CT molecular complexity index is 240. The molecule has 1 amide bonds. The maximum absolute atomic E-state index is 10.6. The molecule has 4 N–H and O–H groups in total. The molecule has 0 heterocycles. The van der Waals surface area contributed by atoms with Crippen molar-refractivity contribution in [1.29, 1.82) is 0 Å². The molecule has 0 spiro atoms. The van der Waals surface area contributed by atoms with Crippen LogP contribution in [0.15, 0.2) is 0 Å². The summed E-state index contributed by atoms with van der Waals surface area (Å²) in [6, 6.07) is 0.0218. The molecule has 2 atom stereocenters. The maximum atomic E-state index is 10.6. The van der Waals surface area contributed by atoms with E-state index in [0.717, 1.165) is 12.8 Å². The summed E-state index contributed by atoms with van der Waals surface area (Å²) >= 11 is 0. The maximum Gasteiger partial charge on any atom is 0.404 e. The van der Waals surface area contributed by atoms with Crippen molar-refractivity contribution in [1.82, 2.24) is 5.32 Å². The number of carbonyl (C=O) groups is 1. The summed E-state index contributed by atoms with van der Waals surface area (Å²) in [5.74, 6) is 0. The Labute approximate surface area is 84.9 Å². The Kier molecular flexibility index (Phi) is 2.76. The molecule has 0 radical (unpaired) electrons. The second-order valence-corrected chi connectivity index (χ2v) is 5.03. The van der Waals surface area contributed by atoms with Crippen molar-refractivity contribution in [3.63, 3.8) is 0 Å². The van der Waals surface area contributed by atoms with E-state index in [1.54, 1.807) is 0 Å². The highest BCUT2D eigenvalue weighted by Crippen LogP contribution is 2.51. The molecule has 1 aliphatic carbocycles. The van der Waals surface area contributed by atoms with Crippen LogP contribution in [0.1, 0.15) is 33.6 Å². The number of amides is 1. The van der Waals surface area contributed by atoms with Gasteiger partial charge in [-0.15, -0.1) is 0 Å². The number of nitrogens with two attached hydrogens (primary N) is 1. The van der Waals surface area contributed by atoms with E-state index in [2.05, 4.69) is 26.1 Å². The lowest BCUT2D eigenvalue weighted by molar-refractivity contribution is 0.109. The largest absolute Gasteiger partial charge is 0.465 e. The molecule has 0 aromatic carbocycles. The molecule has 14 heavy (non-hydrogen) atoms. The lowest BCUT2D eigenvalue weighted by Gasteiger charge is -2.40. The quantitative estimate of drug-likeness (QED) is 0.630. The molecule has 0 saturated heterocycles. The van der Waals surface area contributed by atoms with Gasteiger partial charge in [0.1, 0.15) is 0 Å². The van der Waals surface area contributed by atoms with Crippen LogP contribution in [0.5, 0.6) is 0 Å². The molecule has 0 aliphatic heterocycles. The standard InChI is InChI=1S/C10H20N2O2/c1-9(2)7(12-8(13)14)4-5-10(9,3)6-11/h7,12H,4-6,11H2,1-3H3,(H,13,14)/t7-,10-/m1/s1. The summed E-state index contributed by atoms with van der Waals surface area (Å²) in [6.07, 6.45) is 0.929. The van der Waals surface area contributed by atoms with Crippen molar-refractivity contribution in [2.45, 2.75) is 39.7 Å². The molecule has 0 unspecified atom stereocenters. The summed E-state index contributed by atoms with van der Waals surface area (Å²) in [4.78, 5) is 10.6. The normalized spacial score (nSPS) is 35.6. The number of hydrogen-bond acceptors (Lipinski definition) is 2. The van der Waals surface area contributed by atoms with E-state index in [4.69, 9.17) is 10.8 Å². The van der Waals surface area contributed by atoms with E-state index in [0.29, 0.717) is 6.54 Å². The van der Waals surface area contributed by atoms with E-state index in [-0.39, 0.29) is 16.9 Å². The fraction of sp³-hybridized carbons (Fsp3) is 0.900. The summed E-state index contributed by atoms with van der Waals surface area (Å²) in [5, 5.41) is 11.3. The van der Waals surface area contributed by atoms with Gasteiger partial charge in [0.25, 0.3) is 0 Å². The summed E-state index contributed by atoms with van der Waals surface area (Å²) < 4.78 is 0. The molecule has 0 aromatic heterocycles. The fourth-order valence-corrected chi connectivity index (χ4v) is 2.33. The van der Waals surface area contributed by atoms with E-state index in [9.17, 15) is 4.79 Å². The zero-order valence-electron chi connectivity index (χ0n) is 9.13. The Balaban J connectivity index is 2.80. The topological polar surface area (TPSA) is 75.3 Å². The van der Waals surface area contributed by atoms with Gasteiger partial charge in [-0.1, -0.05) is 20.8 Å². The number of carboxylic acid groups (broad SMARTS) is 1. The van der Waals surface area contributed by atoms with Gasteiger partial charge in [0, 0.05) is 6.04 Å². The molecule has 4 nitrogen and oxygen atoms in total. The van der Waals surface area contributed by atoms with Crippen LogP contribution in [0.4, 0.5) is 4.79 Å². The van der Waals surface area contributed by atoms with Crippen LogP contribution in [0.25, 0.3) is 0 Å². The van der Waals surface area contributed by atoms with Gasteiger partial charge < -0.3 is 16.2 Å². The zero-order chi connectivity index (χ0) is 11.0. The first-order valence-electron chi connectivity index (χ1n) is 5.03. The van der Waals surface area contributed by atoms with Crippen LogP contribution >= 0.6 is 0 Å². The van der Waals surface area contributed by atoms with Crippen molar-refractivity contribution < 1.29 is 9.90 Å². The Morgan fingerprint density at radius 3 is 2.50 bits per heavy atom. The molecule has 0 aromatic rings. The third-order valence-corrected chi connectivity index (χ3v) is 4.16. The van der Waals surface area contributed by atoms with Crippen LogP contribution in [0, 0.1) is 10.8 Å². The minimum Gasteiger partial charge on any atom is -0.465 e. The number of hydrogen-bond donors (Lipinski definition) is 3. The van der Waals surface area contributed by atoms with Crippen molar-refractivity contribution >= 4 is 6.09 Å². The highest BCUT2D eigenvalue weighted by Gasteiger charge is 2.51. The monoisotopic (exact) mass is 200 g/mol. The summed E-state index contributed by atoms with van der Waals surface area (Å²) in [5.41, 5.74) is 5.73. The van der Waals surface area contributed by atoms with Gasteiger partial charge in [0.15, 0.2) is 0 Å². The van der Waals surface area contributed by atoms with E-state index < -0.39 is 6.09 Å². The molecule has 0 bridgehead atoms. The SMILES string of the molecule is CC1(C)[C@H](NC(=O)O)CC[C@]1(C)CN. The highest BCUT2D eigenvalue weighted by molar-refractivity contribution is 5.65. The predicted molar refractivity (Wildman–Crippen MR) is 55.1 cm³/mol. The van der Waals surface area contributed by atoms with Crippen LogP contribution < -0.4 is 11.1 Å². The molecular formula is C10H20N2O2. The highest BCUT2D eigenvalue weighted by atomic mass is 16.4. The lowest BCUT2D eigenvalue weighted by Crippen LogP contribution is -2.48. The molecular weight excluding hydrogens is 180 g/mol. The third-order valence-electron chi connectivity index (χ3n) is 4.16. The minimum atomic E-state index is -0.940. The van der Waals surface area contributed by atoms with E-state index in [1.807, 2.05) is 0 Å². The van der Waals surface area contributed by atoms with Crippen LogP contribution in [-0.2, 0) is 0 Å². The van der Waals surface area contributed by atoms with Gasteiger partial charge in [0.05, 0.1) is 0 Å². The molecule has 1 rings (SSSR count). The van der Waals surface area contributed by atoms with Gasteiger partial charge in [-0.25, -0.2) is 4.79 Å². The lowest BCUT2D eigenvalue weighted by atomic mass is 9.68. The number of rotatable bonds is 2. The fourth-order valence-electron chi connectivity index (χ4n) is 2.33. The van der Waals surface area contributed by atoms with Crippen molar-refractivity contribution in [2.75, 3.05) is 6.54 Å². The van der Waals surface area contributed by atoms with Crippen molar-refractivity contribution in [3.8, 4) is 0 Å². The predicted octanol–water partition coefficient (Wildman–Crippen LogP) is 1.41. The van der Waals surface area contributed by atoms with Gasteiger partial charge >= 0.3 is 6.09 Å². The van der Waals surface area contributed by atoms with Gasteiger partial charge in [-0.05, 0) is 30.2 Å². The number of nitrogens with one attached hydrogen (secondary N) is 1. The first kappa shape index (κ1) is 11.3. The average molecular weight is 200 g/mol. The molecule has 82 valence electrons. The first-order chi connectivity index (χ1) is 6.33. The summed E-state index contributed by atoms with van der Waals surface area (Å²) in [7, 11) is 0. The van der Waals surface area contributed by atoms with Crippen LogP contribution in [-0.4, -0.2) is 23.8 Å². The van der Waals surface area contributed by atoms with Gasteiger partial charge in [-0.2, -0.15) is 0 Å². The Morgan fingerprint density at radius 1 is 1.57 bits per heavy atom. The zero-order valence-corrected chi connectivity index (χ0v) is 9.13. The second-order valence-electron chi connectivity index (χ2n) is 5.03. The first-order valence-corrected chi connectivity index (χ1v) is 5.03. The molecule has 4 heteroatoms. The van der Waals surface area contributed by atoms with Gasteiger partial charge in [0.2, 0.25) is 0 Å². The van der Waals surface area contributed by atoms with E-state index in [1.165, 1.54) is 0 Å². The van der Waals surface area contributed by atoms with Crippen molar-refractivity contribution in [2.24, 2.45) is 16.6 Å². The average Bonchev–Trinajstić information content (AvgIpc) is 2.29. The Hall–Kier alpha value is -0.770. The smallest absolute Gasteiger partial charge is 0.404 e. The third kappa shape index (κ3) is 1.59. The second kappa shape index (κ2) is 3.42. The molecule has 1 fully saturated rings. The Morgan fingerprint density at radius 2 is 2.14 bits per heavy atom. The summed E-state index contributed by atoms with van der Waals surface area (Å²) in [6.45, 7) is 6.93. The van der Waals surface area contributed by atoms with Crippen molar-refractivity contribution in [3.05, 3.63) is 0 Å². The van der Waals surface area contributed by atoms with Crippen LogP contribution in [0.3, 0.4) is 0 Å². The van der Waals surface area contributed by atoms with Gasteiger partial charge in [-0.3, -0.25) is 0 Å². The minimum absolute atomic E-state index is 0.0218. The molecule has 1 aliphatic rings. The van der Waals surface area contributed by atoms with E-state index >= 15 is 0 Å². The van der Waals surface area contributed by atoms with Crippen LogP contribution in [0.2, 0.25) is 0 Å². The molecule has 1 saturated carbocycles.